The van der Waals surface area contributed by atoms with Crippen molar-refractivity contribution in [2.24, 2.45) is 10.8 Å². The lowest BCUT2D eigenvalue weighted by Gasteiger charge is -2.38. The van der Waals surface area contributed by atoms with Crippen LogP contribution in [-0.2, 0) is 9.59 Å². The Kier molecular flexibility index (Phi) is 3.13. The van der Waals surface area contributed by atoms with Crippen LogP contribution < -0.4 is 0 Å². The molecule has 4 heteroatoms. The van der Waals surface area contributed by atoms with Crippen molar-refractivity contribution >= 4 is 11.9 Å². The summed E-state index contributed by atoms with van der Waals surface area (Å²) in [6.07, 6.45) is 1.20. The highest BCUT2D eigenvalue weighted by atomic mass is 16.4. The van der Waals surface area contributed by atoms with Gasteiger partial charge in [0.2, 0.25) is 0 Å². The van der Waals surface area contributed by atoms with E-state index in [9.17, 15) is 19.8 Å². The molecule has 0 aromatic carbocycles. The van der Waals surface area contributed by atoms with E-state index in [1.54, 1.807) is 13.8 Å². The maximum absolute atomic E-state index is 11.5. The summed E-state index contributed by atoms with van der Waals surface area (Å²) in [5.74, 6) is -2.03. The van der Waals surface area contributed by atoms with Crippen molar-refractivity contribution in [3.05, 3.63) is 12.2 Å². The van der Waals surface area contributed by atoms with Crippen LogP contribution >= 0.6 is 0 Å². The zero-order valence-electron chi connectivity index (χ0n) is 9.75. The first kappa shape index (κ1) is 12.7. The van der Waals surface area contributed by atoms with Gasteiger partial charge in [0.05, 0.1) is 10.8 Å². The molecule has 0 unspecified atom stereocenters. The number of allylic oxidation sites excluding steroid dienone is 1. The second-order valence-electron chi connectivity index (χ2n) is 4.59. The highest BCUT2D eigenvalue weighted by molar-refractivity contribution is 5.88. The predicted octanol–water partition coefficient (Wildman–Crippen LogP) is 2.30. The molecule has 0 saturated heterocycles. The Hall–Kier alpha value is -1.32. The summed E-state index contributed by atoms with van der Waals surface area (Å²) in [5.41, 5.74) is -1.65. The van der Waals surface area contributed by atoms with Gasteiger partial charge in [-0.15, -0.1) is 0 Å². The molecule has 0 aliphatic heterocycles. The molecule has 1 saturated carbocycles. The molecule has 90 valence electrons. The van der Waals surface area contributed by atoms with Crippen molar-refractivity contribution in [3.63, 3.8) is 0 Å². The van der Waals surface area contributed by atoms with E-state index in [1.807, 2.05) is 0 Å². The zero-order chi connectivity index (χ0) is 12.6. The first-order valence-electron chi connectivity index (χ1n) is 5.49. The van der Waals surface area contributed by atoms with Gasteiger partial charge in [0.25, 0.3) is 0 Å². The Morgan fingerprint density at radius 2 is 1.44 bits per heavy atom. The van der Waals surface area contributed by atoms with Crippen LogP contribution in [0.4, 0.5) is 0 Å². The van der Waals surface area contributed by atoms with Gasteiger partial charge in [-0.2, -0.15) is 0 Å². The second-order valence-corrected chi connectivity index (χ2v) is 4.59. The van der Waals surface area contributed by atoms with E-state index in [0.717, 1.165) is 5.57 Å². The molecule has 0 amide bonds. The van der Waals surface area contributed by atoms with E-state index in [-0.39, 0.29) is 12.8 Å². The number of hydrogen-bond acceptors (Lipinski definition) is 2. The molecule has 0 spiro atoms. The largest absolute Gasteiger partial charge is 0.481 e. The van der Waals surface area contributed by atoms with Crippen LogP contribution in [0, 0.1) is 10.8 Å². The summed E-state index contributed by atoms with van der Waals surface area (Å²) in [6, 6.07) is 0. The van der Waals surface area contributed by atoms with E-state index < -0.39 is 22.8 Å². The Labute approximate surface area is 95.0 Å². The maximum Gasteiger partial charge on any atom is 0.311 e. The van der Waals surface area contributed by atoms with Gasteiger partial charge in [0, 0.05) is 0 Å². The molecule has 1 rings (SSSR count). The van der Waals surface area contributed by atoms with Crippen LogP contribution in [0.1, 0.15) is 39.5 Å². The number of rotatable bonds is 4. The minimum Gasteiger partial charge on any atom is -0.481 e. The SMILES string of the molecule is C=C1C[C@@](CC)(C(=O)O)[C@](CC)(C(=O)O)C1. The lowest BCUT2D eigenvalue weighted by molar-refractivity contribution is -0.172. The van der Waals surface area contributed by atoms with Gasteiger partial charge in [-0.25, -0.2) is 0 Å². The van der Waals surface area contributed by atoms with Crippen LogP contribution in [0.3, 0.4) is 0 Å². The third-order valence-electron chi connectivity index (χ3n) is 4.05. The summed E-state index contributed by atoms with van der Waals surface area (Å²) in [7, 11) is 0. The molecular formula is C12H18O4. The highest BCUT2D eigenvalue weighted by Crippen LogP contribution is 2.59. The number of hydrogen-bond donors (Lipinski definition) is 2. The van der Waals surface area contributed by atoms with Crippen LogP contribution in [0.15, 0.2) is 12.2 Å². The van der Waals surface area contributed by atoms with Gasteiger partial charge in [-0.1, -0.05) is 26.0 Å². The van der Waals surface area contributed by atoms with Crippen molar-refractivity contribution in [2.75, 3.05) is 0 Å². The molecule has 1 fully saturated rings. The van der Waals surface area contributed by atoms with Crippen molar-refractivity contribution < 1.29 is 19.8 Å². The molecule has 1 aliphatic carbocycles. The molecule has 0 heterocycles. The van der Waals surface area contributed by atoms with Crippen LogP contribution in [-0.4, -0.2) is 22.2 Å². The standard InChI is InChI=1S/C12H18O4/c1-4-11(9(13)14)6-8(3)7-12(11,5-2)10(15)16/h3-7H2,1-2H3,(H,13,14)(H,15,16)/t11-,12-/m0/s1. The topological polar surface area (TPSA) is 74.6 Å². The van der Waals surface area contributed by atoms with Crippen LogP contribution in [0.5, 0.6) is 0 Å². The monoisotopic (exact) mass is 226 g/mol. The summed E-state index contributed by atoms with van der Waals surface area (Å²) in [4.78, 5) is 22.9. The van der Waals surface area contributed by atoms with Crippen molar-refractivity contribution in [3.8, 4) is 0 Å². The smallest absolute Gasteiger partial charge is 0.311 e. The van der Waals surface area contributed by atoms with E-state index >= 15 is 0 Å². The summed E-state index contributed by atoms with van der Waals surface area (Å²) < 4.78 is 0. The molecule has 0 bridgehead atoms. The maximum atomic E-state index is 11.5. The molecule has 2 N–H and O–H groups in total. The molecule has 16 heavy (non-hydrogen) atoms. The lowest BCUT2D eigenvalue weighted by Crippen LogP contribution is -2.48. The molecule has 1 aliphatic rings. The van der Waals surface area contributed by atoms with Gasteiger partial charge in [-0.3, -0.25) is 9.59 Å². The predicted molar refractivity (Wildman–Crippen MR) is 59.1 cm³/mol. The summed E-state index contributed by atoms with van der Waals surface area (Å²) in [6.45, 7) is 7.25. The third kappa shape index (κ3) is 1.36. The molecular weight excluding hydrogens is 208 g/mol. The van der Waals surface area contributed by atoms with Crippen molar-refractivity contribution in [1.29, 1.82) is 0 Å². The Bertz CT molecular complexity index is 315. The summed E-state index contributed by atoms with van der Waals surface area (Å²) >= 11 is 0. The van der Waals surface area contributed by atoms with Crippen molar-refractivity contribution in [2.45, 2.75) is 39.5 Å². The fourth-order valence-corrected chi connectivity index (χ4v) is 3.04. The number of aliphatic carboxylic acids is 2. The van der Waals surface area contributed by atoms with Gasteiger partial charge in [0.15, 0.2) is 0 Å². The van der Waals surface area contributed by atoms with E-state index in [1.165, 1.54) is 0 Å². The Morgan fingerprint density at radius 3 is 1.62 bits per heavy atom. The number of carboxylic acid groups (broad SMARTS) is 2. The van der Waals surface area contributed by atoms with Crippen LogP contribution in [0.2, 0.25) is 0 Å². The number of carbonyl (C=O) groups is 2. The van der Waals surface area contributed by atoms with E-state index in [4.69, 9.17) is 0 Å². The first-order valence-corrected chi connectivity index (χ1v) is 5.49. The second kappa shape index (κ2) is 3.92. The molecule has 2 atom stereocenters. The minimum absolute atomic E-state index is 0.277. The average Bonchev–Trinajstić information content (AvgIpc) is 2.52. The van der Waals surface area contributed by atoms with Gasteiger partial charge < -0.3 is 10.2 Å². The highest BCUT2D eigenvalue weighted by Gasteiger charge is 2.63. The first-order chi connectivity index (χ1) is 7.36. The van der Waals surface area contributed by atoms with E-state index in [0.29, 0.717) is 12.8 Å². The molecule has 4 nitrogen and oxygen atoms in total. The molecule has 0 radical (unpaired) electrons. The average molecular weight is 226 g/mol. The summed E-state index contributed by atoms with van der Waals surface area (Å²) in [5, 5.41) is 18.8. The lowest BCUT2D eigenvalue weighted by atomic mass is 9.62. The van der Waals surface area contributed by atoms with Gasteiger partial charge >= 0.3 is 11.9 Å². The molecule has 0 aromatic rings. The van der Waals surface area contributed by atoms with Crippen molar-refractivity contribution in [1.82, 2.24) is 0 Å². The Balaban J connectivity index is 3.39. The normalized spacial score (nSPS) is 34.0. The van der Waals surface area contributed by atoms with Gasteiger partial charge in [-0.05, 0) is 25.7 Å². The minimum atomic E-state index is -1.19. The number of carboxylic acids is 2. The fourth-order valence-electron chi connectivity index (χ4n) is 3.04. The van der Waals surface area contributed by atoms with E-state index in [2.05, 4.69) is 6.58 Å². The van der Waals surface area contributed by atoms with Gasteiger partial charge in [0.1, 0.15) is 0 Å². The Morgan fingerprint density at radius 1 is 1.12 bits per heavy atom. The fraction of sp³-hybridized carbons (Fsp3) is 0.667. The molecule has 0 aromatic heterocycles. The van der Waals surface area contributed by atoms with Crippen LogP contribution in [0.25, 0.3) is 0 Å². The quantitative estimate of drug-likeness (QED) is 0.721. The third-order valence-corrected chi connectivity index (χ3v) is 4.05. The zero-order valence-corrected chi connectivity index (χ0v) is 9.75.